The van der Waals surface area contributed by atoms with E-state index in [0.717, 1.165) is 12.3 Å². The average molecular weight is 311 g/mol. The number of hydrogen-bond acceptors (Lipinski definition) is 5. The summed E-state index contributed by atoms with van der Waals surface area (Å²) < 4.78 is 44.0. The lowest BCUT2D eigenvalue weighted by Crippen LogP contribution is -2.20. The van der Waals surface area contributed by atoms with E-state index in [4.69, 9.17) is 10.00 Å². The van der Waals surface area contributed by atoms with E-state index in [1.165, 1.54) is 12.1 Å². The SMILES string of the molecule is N#Cc1ccc(OC2CC=C([N+](=O)[O-])C=N2)c(C(F)(F)F)c1. The minimum Gasteiger partial charge on any atom is -0.468 e. The Bertz CT molecular complexity index is 705. The fourth-order valence-electron chi connectivity index (χ4n) is 1.77. The monoisotopic (exact) mass is 311 g/mol. The van der Waals surface area contributed by atoms with Crippen molar-refractivity contribution in [1.29, 1.82) is 5.26 Å². The summed E-state index contributed by atoms with van der Waals surface area (Å²) in [4.78, 5) is 13.6. The zero-order chi connectivity index (χ0) is 16.3. The molecule has 9 heteroatoms. The Hall–Kier alpha value is -2.89. The topological polar surface area (TPSA) is 88.5 Å². The molecule has 1 aromatic rings. The molecule has 1 atom stereocenters. The van der Waals surface area contributed by atoms with Crippen LogP contribution in [0.5, 0.6) is 5.75 Å². The minimum atomic E-state index is -4.69. The number of halogens is 3. The predicted molar refractivity (Wildman–Crippen MR) is 68.8 cm³/mol. The second-order valence-corrected chi connectivity index (χ2v) is 4.29. The van der Waals surface area contributed by atoms with Gasteiger partial charge in [0.2, 0.25) is 0 Å². The molecule has 0 saturated carbocycles. The van der Waals surface area contributed by atoms with Gasteiger partial charge in [0.1, 0.15) is 12.0 Å². The van der Waals surface area contributed by atoms with Crippen molar-refractivity contribution in [2.45, 2.75) is 18.8 Å². The van der Waals surface area contributed by atoms with Crippen LogP contribution in [0, 0.1) is 21.4 Å². The van der Waals surface area contributed by atoms with E-state index in [-0.39, 0.29) is 17.7 Å². The van der Waals surface area contributed by atoms with Gasteiger partial charge in [-0.2, -0.15) is 18.4 Å². The van der Waals surface area contributed by atoms with E-state index in [9.17, 15) is 23.3 Å². The molecular formula is C13H8F3N3O3. The fraction of sp³-hybridized carbons (Fsp3) is 0.231. The molecule has 2 rings (SSSR count). The third kappa shape index (κ3) is 3.41. The summed E-state index contributed by atoms with van der Waals surface area (Å²) in [7, 11) is 0. The highest BCUT2D eigenvalue weighted by Gasteiger charge is 2.35. The summed E-state index contributed by atoms with van der Waals surface area (Å²) in [6, 6.07) is 4.52. The zero-order valence-electron chi connectivity index (χ0n) is 10.9. The lowest BCUT2D eigenvalue weighted by atomic mass is 10.1. The first-order chi connectivity index (χ1) is 10.3. The number of benzene rings is 1. The van der Waals surface area contributed by atoms with Gasteiger partial charge < -0.3 is 4.74 Å². The lowest BCUT2D eigenvalue weighted by Gasteiger charge is -2.19. The molecule has 1 aromatic carbocycles. The van der Waals surface area contributed by atoms with Crippen LogP contribution in [0.1, 0.15) is 17.5 Å². The third-order valence-electron chi connectivity index (χ3n) is 2.79. The van der Waals surface area contributed by atoms with Gasteiger partial charge in [0.15, 0.2) is 6.23 Å². The molecule has 0 spiro atoms. The zero-order valence-corrected chi connectivity index (χ0v) is 10.9. The molecule has 0 amide bonds. The van der Waals surface area contributed by atoms with Crippen molar-refractivity contribution in [2.24, 2.45) is 4.99 Å². The number of nitrogens with zero attached hydrogens (tertiary/aromatic N) is 3. The lowest BCUT2D eigenvalue weighted by molar-refractivity contribution is -0.414. The number of nitriles is 1. The van der Waals surface area contributed by atoms with Gasteiger partial charge >= 0.3 is 6.18 Å². The van der Waals surface area contributed by atoms with E-state index in [0.29, 0.717) is 6.07 Å². The van der Waals surface area contributed by atoms with Crippen LogP contribution >= 0.6 is 0 Å². The van der Waals surface area contributed by atoms with Crippen LogP contribution in [0.2, 0.25) is 0 Å². The highest BCUT2D eigenvalue weighted by Crippen LogP contribution is 2.37. The molecule has 1 heterocycles. The number of dihydropyridines is 1. The number of allylic oxidation sites excluding steroid dienone is 1. The van der Waals surface area contributed by atoms with E-state index < -0.39 is 28.6 Å². The molecule has 0 radical (unpaired) electrons. The summed E-state index contributed by atoms with van der Waals surface area (Å²) in [5.74, 6) is -0.480. The summed E-state index contributed by atoms with van der Waals surface area (Å²) in [5, 5.41) is 19.2. The molecule has 0 aliphatic carbocycles. The molecular weight excluding hydrogens is 303 g/mol. The van der Waals surface area contributed by atoms with Crippen LogP contribution < -0.4 is 4.74 Å². The van der Waals surface area contributed by atoms with Crippen LogP contribution in [-0.2, 0) is 6.18 Å². The third-order valence-corrected chi connectivity index (χ3v) is 2.79. The smallest absolute Gasteiger partial charge is 0.420 e. The van der Waals surface area contributed by atoms with Gasteiger partial charge in [-0.25, -0.2) is 4.99 Å². The number of ether oxygens (including phenoxy) is 1. The van der Waals surface area contributed by atoms with Crippen molar-refractivity contribution in [3.8, 4) is 11.8 Å². The quantitative estimate of drug-likeness (QED) is 0.634. The van der Waals surface area contributed by atoms with Gasteiger partial charge in [-0.1, -0.05) is 0 Å². The van der Waals surface area contributed by atoms with Gasteiger partial charge in [0, 0.05) is 12.5 Å². The van der Waals surface area contributed by atoms with Gasteiger partial charge in [-0.15, -0.1) is 0 Å². The molecule has 22 heavy (non-hydrogen) atoms. The molecule has 0 fully saturated rings. The predicted octanol–water partition coefficient (Wildman–Crippen LogP) is 2.92. The maximum absolute atomic E-state index is 13.0. The van der Waals surface area contributed by atoms with Crippen molar-refractivity contribution < 1.29 is 22.8 Å². The van der Waals surface area contributed by atoms with Crippen LogP contribution in [0.3, 0.4) is 0 Å². The van der Waals surface area contributed by atoms with Gasteiger partial charge in [-0.05, 0) is 18.2 Å². The standard InChI is InChI=1S/C13H8F3N3O3/c14-13(15,16)10-5-8(6-17)1-3-11(10)22-12-4-2-9(7-18-12)19(20)21/h1-3,5,7,12H,4H2. The van der Waals surface area contributed by atoms with Crippen LogP contribution in [0.4, 0.5) is 13.2 Å². The number of hydrogen-bond donors (Lipinski definition) is 0. The number of nitro groups is 1. The molecule has 1 aliphatic heterocycles. The van der Waals surface area contributed by atoms with Crippen molar-refractivity contribution in [3.05, 3.63) is 51.2 Å². The Morgan fingerprint density at radius 3 is 2.68 bits per heavy atom. The normalized spacial score (nSPS) is 17.5. The van der Waals surface area contributed by atoms with Crippen molar-refractivity contribution in [3.63, 3.8) is 0 Å². The van der Waals surface area contributed by atoms with Crippen molar-refractivity contribution in [2.75, 3.05) is 0 Å². The molecule has 0 N–H and O–H groups in total. The van der Waals surface area contributed by atoms with Gasteiger partial charge in [0.25, 0.3) is 5.70 Å². The maximum atomic E-state index is 13.0. The number of aliphatic imine (C=N–C) groups is 1. The molecule has 0 saturated heterocycles. The van der Waals surface area contributed by atoms with Crippen LogP contribution in [0.25, 0.3) is 0 Å². The Balaban J connectivity index is 2.23. The first kappa shape index (κ1) is 15.5. The molecule has 1 unspecified atom stereocenters. The minimum absolute atomic E-state index is 0.0237. The Morgan fingerprint density at radius 1 is 1.45 bits per heavy atom. The Morgan fingerprint density at radius 2 is 2.18 bits per heavy atom. The molecule has 0 bridgehead atoms. The number of alkyl halides is 3. The largest absolute Gasteiger partial charge is 0.468 e. The van der Waals surface area contributed by atoms with Crippen molar-refractivity contribution >= 4 is 6.21 Å². The van der Waals surface area contributed by atoms with E-state index >= 15 is 0 Å². The average Bonchev–Trinajstić information content (AvgIpc) is 2.47. The molecule has 6 nitrogen and oxygen atoms in total. The fourth-order valence-corrected chi connectivity index (χ4v) is 1.77. The van der Waals surface area contributed by atoms with E-state index in [1.54, 1.807) is 6.07 Å². The van der Waals surface area contributed by atoms with Crippen LogP contribution in [0.15, 0.2) is 35.0 Å². The first-order valence-electron chi connectivity index (χ1n) is 5.97. The van der Waals surface area contributed by atoms with E-state index in [2.05, 4.69) is 4.99 Å². The first-order valence-corrected chi connectivity index (χ1v) is 5.97. The van der Waals surface area contributed by atoms with E-state index in [1.807, 2.05) is 0 Å². The molecule has 1 aliphatic rings. The second kappa shape index (κ2) is 5.85. The maximum Gasteiger partial charge on any atom is 0.420 e. The summed E-state index contributed by atoms with van der Waals surface area (Å²) in [6.45, 7) is 0. The summed E-state index contributed by atoms with van der Waals surface area (Å²) in [5.41, 5.74) is -1.48. The highest BCUT2D eigenvalue weighted by atomic mass is 19.4. The molecule has 0 aromatic heterocycles. The van der Waals surface area contributed by atoms with Gasteiger partial charge in [0.05, 0.1) is 22.1 Å². The number of rotatable bonds is 3. The summed E-state index contributed by atoms with van der Waals surface area (Å²) in [6.07, 6.45) is -3.55. The highest BCUT2D eigenvalue weighted by molar-refractivity contribution is 5.76. The Kier molecular flexibility index (Phi) is 4.12. The Labute approximate surface area is 122 Å². The van der Waals surface area contributed by atoms with Crippen LogP contribution in [-0.4, -0.2) is 17.4 Å². The van der Waals surface area contributed by atoms with Crippen molar-refractivity contribution in [1.82, 2.24) is 0 Å². The molecule has 114 valence electrons. The summed E-state index contributed by atoms with van der Waals surface area (Å²) >= 11 is 0. The van der Waals surface area contributed by atoms with Gasteiger partial charge in [-0.3, -0.25) is 10.1 Å². The second-order valence-electron chi connectivity index (χ2n) is 4.29.